The molecule has 0 N–H and O–H groups in total. The van der Waals surface area contributed by atoms with Crippen LogP contribution in [0.1, 0.15) is 46.6 Å². The molecule has 5 nitrogen and oxygen atoms in total. The zero-order chi connectivity index (χ0) is 22.9. The first-order chi connectivity index (χ1) is 16.0. The molecule has 3 aromatic rings. The third-order valence-corrected chi connectivity index (χ3v) is 6.28. The third kappa shape index (κ3) is 4.39. The Morgan fingerprint density at radius 1 is 1.09 bits per heavy atom. The SMILES string of the molecule is O=C(c1nn(-c2ccc(F)c(F)c2)c2c1CCC2)N(Cc1cccc(F)c1)CC1CCCO1. The molecule has 1 saturated heterocycles. The standard InChI is InChI=1S/C25H24F3N3O2/c26-17-5-1-4-16(12-17)14-30(15-19-6-3-11-33-19)25(32)24-20-7-2-8-23(20)31(29-24)18-9-10-21(27)22(28)13-18/h1,4-5,9-10,12-13,19H,2-3,6-8,11,14-15H2. The van der Waals surface area contributed by atoms with Crippen molar-refractivity contribution in [1.29, 1.82) is 0 Å². The van der Waals surface area contributed by atoms with Crippen LogP contribution < -0.4 is 0 Å². The summed E-state index contributed by atoms with van der Waals surface area (Å²) in [4.78, 5) is 15.4. The van der Waals surface area contributed by atoms with Gasteiger partial charge in [-0.1, -0.05) is 12.1 Å². The molecule has 8 heteroatoms. The minimum atomic E-state index is -0.964. The molecule has 5 rings (SSSR count). The molecule has 2 heterocycles. The van der Waals surface area contributed by atoms with E-state index in [1.165, 1.54) is 18.2 Å². The highest BCUT2D eigenvalue weighted by Gasteiger charge is 2.31. The second-order valence-corrected chi connectivity index (χ2v) is 8.59. The summed E-state index contributed by atoms with van der Waals surface area (Å²) in [5, 5.41) is 4.55. The van der Waals surface area contributed by atoms with E-state index in [9.17, 15) is 18.0 Å². The minimum Gasteiger partial charge on any atom is -0.376 e. The predicted octanol–water partition coefficient (Wildman–Crippen LogP) is 4.60. The second kappa shape index (κ2) is 9.02. The summed E-state index contributed by atoms with van der Waals surface area (Å²) < 4.78 is 48.4. The molecule has 0 saturated carbocycles. The number of nitrogens with zero attached hydrogens (tertiary/aromatic N) is 3. The van der Waals surface area contributed by atoms with Crippen molar-refractivity contribution in [2.45, 2.75) is 44.8 Å². The number of fused-ring (bicyclic) bond motifs is 1. The summed E-state index contributed by atoms with van der Waals surface area (Å²) in [5.41, 5.74) is 3.04. The summed E-state index contributed by atoms with van der Waals surface area (Å²) in [6, 6.07) is 9.79. The van der Waals surface area contributed by atoms with E-state index in [-0.39, 0.29) is 24.4 Å². The van der Waals surface area contributed by atoms with E-state index in [0.29, 0.717) is 42.9 Å². The molecular weight excluding hydrogens is 431 g/mol. The maximum Gasteiger partial charge on any atom is 0.275 e. The van der Waals surface area contributed by atoms with Crippen molar-refractivity contribution in [3.63, 3.8) is 0 Å². The van der Waals surface area contributed by atoms with Crippen LogP contribution in [-0.4, -0.2) is 39.8 Å². The molecule has 1 aliphatic heterocycles. The Morgan fingerprint density at radius 2 is 1.97 bits per heavy atom. The number of hydrogen-bond donors (Lipinski definition) is 0. The molecule has 1 atom stereocenters. The average molecular weight is 455 g/mol. The number of carbonyl (C=O) groups is 1. The molecule has 2 aliphatic rings. The Balaban J connectivity index is 1.50. The molecule has 0 bridgehead atoms. The van der Waals surface area contributed by atoms with Crippen molar-refractivity contribution < 1.29 is 22.7 Å². The Hall–Kier alpha value is -3.13. The van der Waals surface area contributed by atoms with E-state index >= 15 is 0 Å². The highest BCUT2D eigenvalue weighted by Crippen LogP contribution is 2.30. The van der Waals surface area contributed by atoms with Crippen LogP contribution in [0.3, 0.4) is 0 Å². The lowest BCUT2D eigenvalue weighted by atomic mass is 10.1. The Kier molecular flexibility index (Phi) is 5.93. The van der Waals surface area contributed by atoms with Crippen LogP contribution in [0.15, 0.2) is 42.5 Å². The Bertz CT molecular complexity index is 1190. The predicted molar refractivity (Wildman–Crippen MR) is 116 cm³/mol. The van der Waals surface area contributed by atoms with Gasteiger partial charge in [-0.15, -0.1) is 0 Å². The molecule has 1 aromatic heterocycles. The Labute approximate surface area is 189 Å². The highest BCUT2D eigenvalue weighted by molar-refractivity contribution is 5.94. The van der Waals surface area contributed by atoms with Crippen LogP contribution in [0.5, 0.6) is 0 Å². The van der Waals surface area contributed by atoms with Crippen molar-refractivity contribution in [2.24, 2.45) is 0 Å². The van der Waals surface area contributed by atoms with Gasteiger partial charge in [0.1, 0.15) is 5.82 Å². The number of amides is 1. The van der Waals surface area contributed by atoms with Crippen molar-refractivity contribution in [1.82, 2.24) is 14.7 Å². The fraction of sp³-hybridized carbons (Fsp3) is 0.360. The second-order valence-electron chi connectivity index (χ2n) is 8.59. The first-order valence-corrected chi connectivity index (χ1v) is 11.2. The fourth-order valence-electron chi connectivity index (χ4n) is 4.70. The lowest BCUT2D eigenvalue weighted by molar-refractivity contribution is 0.0501. The molecule has 0 spiro atoms. The molecular formula is C25H24F3N3O2. The minimum absolute atomic E-state index is 0.0798. The van der Waals surface area contributed by atoms with Crippen LogP contribution >= 0.6 is 0 Å². The van der Waals surface area contributed by atoms with E-state index in [1.54, 1.807) is 21.7 Å². The van der Waals surface area contributed by atoms with Crippen LogP contribution in [0.4, 0.5) is 13.2 Å². The van der Waals surface area contributed by atoms with Gasteiger partial charge < -0.3 is 9.64 Å². The zero-order valence-electron chi connectivity index (χ0n) is 18.1. The maximum atomic E-state index is 13.9. The van der Waals surface area contributed by atoms with Crippen LogP contribution in [0, 0.1) is 17.5 Å². The van der Waals surface area contributed by atoms with Gasteiger partial charge in [0.05, 0.1) is 11.8 Å². The lowest BCUT2D eigenvalue weighted by Crippen LogP contribution is -2.37. The van der Waals surface area contributed by atoms with Gasteiger partial charge >= 0.3 is 0 Å². The van der Waals surface area contributed by atoms with E-state index in [1.807, 2.05) is 0 Å². The number of halogens is 3. The molecule has 1 unspecified atom stereocenters. The lowest BCUT2D eigenvalue weighted by Gasteiger charge is -2.25. The molecule has 2 aromatic carbocycles. The van der Waals surface area contributed by atoms with E-state index < -0.39 is 11.6 Å². The van der Waals surface area contributed by atoms with Gasteiger partial charge in [-0.2, -0.15) is 5.10 Å². The van der Waals surface area contributed by atoms with Crippen molar-refractivity contribution in [3.8, 4) is 5.69 Å². The van der Waals surface area contributed by atoms with Crippen LogP contribution in [-0.2, 0) is 24.1 Å². The van der Waals surface area contributed by atoms with Gasteiger partial charge in [0.15, 0.2) is 17.3 Å². The normalized spacial score (nSPS) is 17.4. The fourth-order valence-corrected chi connectivity index (χ4v) is 4.70. The van der Waals surface area contributed by atoms with Crippen molar-refractivity contribution in [3.05, 3.63) is 82.4 Å². The number of rotatable bonds is 6. The number of hydrogen-bond acceptors (Lipinski definition) is 3. The van der Waals surface area contributed by atoms with Crippen LogP contribution in [0.25, 0.3) is 5.69 Å². The van der Waals surface area contributed by atoms with Gasteiger partial charge in [0.2, 0.25) is 0 Å². The van der Waals surface area contributed by atoms with Gasteiger partial charge in [0.25, 0.3) is 5.91 Å². The number of aromatic nitrogens is 2. The summed E-state index contributed by atoms with van der Waals surface area (Å²) in [7, 11) is 0. The molecule has 172 valence electrons. The first kappa shape index (κ1) is 21.7. The number of benzene rings is 2. The van der Waals surface area contributed by atoms with Gasteiger partial charge in [-0.05, 0) is 61.9 Å². The van der Waals surface area contributed by atoms with Gasteiger partial charge in [0, 0.05) is 37.0 Å². The molecule has 1 aliphatic carbocycles. The van der Waals surface area contributed by atoms with E-state index in [4.69, 9.17) is 4.74 Å². The topological polar surface area (TPSA) is 47.4 Å². The largest absolute Gasteiger partial charge is 0.376 e. The van der Waals surface area contributed by atoms with Crippen LogP contribution in [0.2, 0.25) is 0 Å². The van der Waals surface area contributed by atoms with Gasteiger partial charge in [-0.3, -0.25) is 4.79 Å². The molecule has 33 heavy (non-hydrogen) atoms. The monoisotopic (exact) mass is 455 g/mol. The zero-order valence-corrected chi connectivity index (χ0v) is 18.1. The van der Waals surface area contributed by atoms with E-state index in [2.05, 4.69) is 5.10 Å². The Morgan fingerprint density at radius 3 is 2.73 bits per heavy atom. The summed E-state index contributed by atoms with van der Waals surface area (Å²) in [5.74, 6) is -2.53. The maximum absolute atomic E-state index is 13.9. The summed E-state index contributed by atoms with van der Waals surface area (Å²) in [6.07, 6.45) is 3.95. The quantitative estimate of drug-likeness (QED) is 0.546. The highest BCUT2D eigenvalue weighted by atomic mass is 19.2. The first-order valence-electron chi connectivity index (χ1n) is 11.2. The molecule has 1 fully saturated rings. The average Bonchev–Trinajstić information content (AvgIpc) is 3.53. The number of carbonyl (C=O) groups excluding carboxylic acids is 1. The van der Waals surface area contributed by atoms with E-state index in [0.717, 1.165) is 42.7 Å². The van der Waals surface area contributed by atoms with Gasteiger partial charge in [-0.25, -0.2) is 17.9 Å². The number of ether oxygens (including phenoxy) is 1. The summed E-state index contributed by atoms with van der Waals surface area (Å²) >= 11 is 0. The summed E-state index contributed by atoms with van der Waals surface area (Å²) in [6.45, 7) is 1.26. The van der Waals surface area contributed by atoms with Crippen molar-refractivity contribution in [2.75, 3.05) is 13.2 Å². The van der Waals surface area contributed by atoms with Crippen molar-refractivity contribution >= 4 is 5.91 Å². The third-order valence-electron chi connectivity index (χ3n) is 6.28. The molecule has 1 amide bonds. The smallest absolute Gasteiger partial charge is 0.275 e. The molecule has 0 radical (unpaired) electrons.